The summed E-state index contributed by atoms with van der Waals surface area (Å²) in [7, 11) is 0. The van der Waals surface area contributed by atoms with Gasteiger partial charge in [0.1, 0.15) is 12.4 Å². The Kier molecular flexibility index (Phi) is 4.19. The molecule has 0 aliphatic heterocycles. The molecule has 6 heteroatoms. The van der Waals surface area contributed by atoms with Crippen molar-refractivity contribution in [3.63, 3.8) is 0 Å². The first kappa shape index (κ1) is 14.1. The number of aliphatic hydroxyl groups is 1. The molecule has 0 radical (unpaired) electrons. The first-order valence-electron chi connectivity index (χ1n) is 6.34. The number of amides is 1. The fourth-order valence-electron chi connectivity index (χ4n) is 1.89. The van der Waals surface area contributed by atoms with E-state index in [9.17, 15) is 9.90 Å². The largest absolute Gasteiger partial charge is 0.472 e. The SMILES string of the molecule is O=C(NCc1ccc(C(O)c2cccs2)s1)c1ccoc1. The summed E-state index contributed by atoms with van der Waals surface area (Å²) in [5.41, 5.74) is 0.505. The molecule has 1 atom stereocenters. The number of hydrogen-bond donors (Lipinski definition) is 2. The zero-order chi connectivity index (χ0) is 14.7. The lowest BCUT2D eigenvalue weighted by molar-refractivity contribution is 0.0950. The van der Waals surface area contributed by atoms with E-state index >= 15 is 0 Å². The van der Waals surface area contributed by atoms with Crippen molar-refractivity contribution in [1.82, 2.24) is 5.32 Å². The van der Waals surface area contributed by atoms with E-state index in [0.717, 1.165) is 14.6 Å². The fourth-order valence-corrected chi connectivity index (χ4v) is 3.65. The van der Waals surface area contributed by atoms with Gasteiger partial charge in [-0.3, -0.25) is 4.79 Å². The molecule has 0 saturated heterocycles. The molecule has 1 amide bonds. The summed E-state index contributed by atoms with van der Waals surface area (Å²) < 4.78 is 4.87. The van der Waals surface area contributed by atoms with Gasteiger partial charge in [-0.1, -0.05) is 6.07 Å². The van der Waals surface area contributed by atoms with E-state index in [1.807, 2.05) is 29.6 Å². The topological polar surface area (TPSA) is 62.5 Å². The Morgan fingerprint density at radius 2 is 2.19 bits per heavy atom. The summed E-state index contributed by atoms with van der Waals surface area (Å²) in [5.74, 6) is -0.169. The van der Waals surface area contributed by atoms with Crippen LogP contribution in [0.25, 0.3) is 0 Å². The summed E-state index contributed by atoms with van der Waals surface area (Å²) in [5, 5.41) is 15.0. The van der Waals surface area contributed by atoms with Gasteiger partial charge in [0.05, 0.1) is 18.4 Å². The maximum atomic E-state index is 11.8. The van der Waals surface area contributed by atoms with Gasteiger partial charge in [0.2, 0.25) is 0 Å². The Labute approximate surface area is 129 Å². The van der Waals surface area contributed by atoms with Gasteiger partial charge >= 0.3 is 0 Å². The number of nitrogens with one attached hydrogen (secondary N) is 1. The van der Waals surface area contributed by atoms with Crippen LogP contribution in [0.5, 0.6) is 0 Å². The maximum absolute atomic E-state index is 11.8. The van der Waals surface area contributed by atoms with Gasteiger partial charge in [-0.05, 0) is 29.6 Å². The molecule has 0 bridgehead atoms. The third kappa shape index (κ3) is 3.24. The lowest BCUT2D eigenvalue weighted by atomic mass is 10.2. The number of furan rings is 1. The maximum Gasteiger partial charge on any atom is 0.254 e. The molecule has 0 aromatic carbocycles. The summed E-state index contributed by atoms with van der Waals surface area (Å²) >= 11 is 3.03. The lowest BCUT2D eigenvalue weighted by Crippen LogP contribution is -2.21. The van der Waals surface area contributed by atoms with Gasteiger partial charge in [-0.2, -0.15) is 0 Å². The van der Waals surface area contributed by atoms with E-state index in [1.54, 1.807) is 6.07 Å². The highest BCUT2D eigenvalue weighted by Crippen LogP contribution is 2.30. The van der Waals surface area contributed by atoms with Crippen LogP contribution in [0.15, 0.2) is 52.7 Å². The van der Waals surface area contributed by atoms with Gasteiger partial charge in [0.25, 0.3) is 5.91 Å². The molecule has 0 fully saturated rings. The molecule has 21 heavy (non-hydrogen) atoms. The standard InChI is InChI=1S/C15H13NO3S2/c17-14(12-2-1-7-20-12)13-4-3-11(21-13)8-16-15(18)10-5-6-19-9-10/h1-7,9,14,17H,8H2,(H,16,18). The molecule has 108 valence electrons. The van der Waals surface area contributed by atoms with Crippen molar-refractivity contribution in [2.75, 3.05) is 0 Å². The van der Waals surface area contributed by atoms with Crippen LogP contribution < -0.4 is 5.32 Å². The predicted octanol–water partition coefficient (Wildman–Crippen LogP) is 3.41. The minimum Gasteiger partial charge on any atom is -0.472 e. The van der Waals surface area contributed by atoms with Gasteiger partial charge < -0.3 is 14.8 Å². The highest BCUT2D eigenvalue weighted by atomic mass is 32.1. The van der Waals surface area contributed by atoms with Crippen molar-refractivity contribution in [3.8, 4) is 0 Å². The summed E-state index contributed by atoms with van der Waals surface area (Å²) in [6.07, 6.45) is 2.29. The Morgan fingerprint density at radius 1 is 1.29 bits per heavy atom. The molecule has 3 aromatic rings. The van der Waals surface area contributed by atoms with Crippen LogP contribution in [0, 0.1) is 0 Å². The highest BCUT2D eigenvalue weighted by Gasteiger charge is 2.14. The first-order chi connectivity index (χ1) is 10.2. The van der Waals surface area contributed by atoms with Gasteiger partial charge in [-0.15, -0.1) is 22.7 Å². The van der Waals surface area contributed by atoms with E-state index in [1.165, 1.54) is 35.2 Å². The molecule has 0 saturated carbocycles. The molecule has 3 heterocycles. The van der Waals surface area contributed by atoms with Crippen LogP contribution in [0.2, 0.25) is 0 Å². The van der Waals surface area contributed by atoms with E-state index in [2.05, 4.69) is 5.32 Å². The molecule has 3 aromatic heterocycles. The molecular weight excluding hydrogens is 306 g/mol. The number of aliphatic hydroxyl groups excluding tert-OH is 1. The van der Waals surface area contributed by atoms with Crippen LogP contribution >= 0.6 is 22.7 Å². The molecule has 4 nitrogen and oxygen atoms in total. The minimum absolute atomic E-state index is 0.169. The summed E-state index contributed by atoms with van der Waals surface area (Å²) in [4.78, 5) is 14.6. The molecule has 0 spiro atoms. The van der Waals surface area contributed by atoms with E-state index < -0.39 is 6.10 Å². The Bertz CT molecular complexity index is 701. The first-order valence-corrected chi connectivity index (χ1v) is 8.04. The fraction of sp³-hybridized carbons (Fsp3) is 0.133. The second-order valence-electron chi connectivity index (χ2n) is 4.42. The van der Waals surface area contributed by atoms with Crippen LogP contribution in [0.4, 0.5) is 0 Å². The zero-order valence-corrected chi connectivity index (χ0v) is 12.6. The van der Waals surface area contributed by atoms with Crippen LogP contribution in [-0.2, 0) is 6.54 Å². The molecule has 0 aliphatic carbocycles. The Morgan fingerprint density at radius 3 is 2.90 bits per heavy atom. The quantitative estimate of drug-likeness (QED) is 0.757. The number of carbonyl (C=O) groups is 1. The van der Waals surface area contributed by atoms with Gasteiger partial charge in [-0.25, -0.2) is 0 Å². The minimum atomic E-state index is -0.590. The number of carbonyl (C=O) groups excluding carboxylic acids is 1. The van der Waals surface area contributed by atoms with Crippen LogP contribution in [-0.4, -0.2) is 11.0 Å². The summed E-state index contributed by atoms with van der Waals surface area (Å²) in [6, 6.07) is 9.27. The molecular formula is C15H13NO3S2. The summed E-state index contributed by atoms with van der Waals surface area (Å²) in [6.45, 7) is 0.436. The number of hydrogen-bond acceptors (Lipinski definition) is 5. The second-order valence-corrected chi connectivity index (χ2v) is 6.60. The highest BCUT2D eigenvalue weighted by molar-refractivity contribution is 7.12. The van der Waals surface area contributed by atoms with Crippen molar-refractivity contribution in [2.45, 2.75) is 12.6 Å². The molecule has 1 unspecified atom stereocenters. The Balaban J connectivity index is 1.62. The third-order valence-corrected chi connectivity index (χ3v) is 5.03. The monoisotopic (exact) mass is 319 g/mol. The van der Waals surface area contributed by atoms with Crippen molar-refractivity contribution in [1.29, 1.82) is 0 Å². The smallest absolute Gasteiger partial charge is 0.254 e. The van der Waals surface area contributed by atoms with Gasteiger partial charge in [0.15, 0.2) is 0 Å². The van der Waals surface area contributed by atoms with Crippen LogP contribution in [0.3, 0.4) is 0 Å². The number of rotatable bonds is 5. The lowest BCUT2D eigenvalue weighted by Gasteiger charge is -2.05. The third-order valence-electron chi connectivity index (χ3n) is 2.97. The molecule has 3 rings (SSSR count). The second kappa shape index (κ2) is 6.26. The molecule has 0 aliphatic rings. The predicted molar refractivity (Wildman–Crippen MR) is 82.6 cm³/mol. The van der Waals surface area contributed by atoms with Crippen molar-refractivity contribution in [2.24, 2.45) is 0 Å². The molecule has 2 N–H and O–H groups in total. The van der Waals surface area contributed by atoms with E-state index in [4.69, 9.17) is 4.42 Å². The van der Waals surface area contributed by atoms with E-state index in [0.29, 0.717) is 12.1 Å². The Hall–Kier alpha value is -1.89. The van der Waals surface area contributed by atoms with Crippen molar-refractivity contribution in [3.05, 3.63) is 68.4 Å². The number of thiophene rings is 2. The van der Waals surface area contributed by atoms with Crippen LogP contribution in [0.1, 0.15) is 31.1 Å². The average molecular weight is 319 g/mol. The zero-order valence-electron chi connectivity index (χ0n) is 11.0. The average Bonchev–Trinajstić information content (AvgIpc) is 3.26. The van der Waals surface area contributed by atoms with Gasteiger partial charge in [0, 0.05) is 14.6 Å². The van der Waals surface area contributed by atoms with E-state index in [-0.39, 0.29) is 5.91 Å². The normalized spacial score (nSPS) is 12.2. The van der Waals surface area contributed by atoms with Crippen molar-refractivity contribution >= 4 is 28.6 Å². The van der Waals surface area contributed by atoms with Crippen molar-refractivity contribution < 1.29 is 14.3 Å².